The van der Waals surface area contributed by atoms with Gasteiger partial charge in [-0.25, -0.2) is 4.98 Å². The van der Waals surface area contributed by atoms with Crippen molar-refractivity contribution in [3.8, 4) is 5.75 Å². The minimum absolute atomic E-state index is 0.102. The lowest BCUT2D eigenvalue weighted by Gasteiger charge is -2.14. The zero-order chi connectivity index (χ0) is 20.1. The number of carbonyl (C=O) groups is 1. The maximum atomic E-state index is 12.5. The van der Waals surface area contributed by atoms with Crippen molar-refractivity contribution in [1.29, 1.82) is 0 Å². The highest BCUT2D eigenvalue weighted by molar-refractivity contribution is 7.09. The van der Waals surface area contributed by atoms with Crippen molar-refractivity contribution in [3.63, 3.8) is 0 Å². The second-order valence-corrected chi connectivity index (χ2v) is 8.16. The van der Waals surface area contributed by atoms with Crippen molar-refractivity contribution in [2.75, 3.05) is 6.54 Å². The van der Waals surface area contributed by atoms with Crippen molar-refractivity contribution < 1.29 is 9.53 Å². The molecule has 0 bridgehead atoms. The number of benzene rings is 1. The highest BCUT2D eigenvalue weighted by atomic mass is 32.1. The van der Waals surface area contributed by atoms with Crippen molar-refractivity contribution in [3.05, 3.63) is 63.4 Å². The molecule has 6 nitrogen and oxygen atoms in total. The Labute approximate surface area is 169 Å². The van der Waals surface area contributed by atoms with E-state index in [2.05, 4.69) is 28.4 Å². The number of carbonyl (C=O) groups excluding carboxylic acids is 1. The van der Waals surface area contributed by atoms with Gasteiger partial charge in [0.25, 0.3) is 5.91 Å². The summed E-state index contributed by atoms with van der Waals surface area (Å²) in [4.78, 5) is 16.9. The van der Waals surface area contributed by atoms with Gasteiger partial charge < -0.3 is 10.1 Å². The average molecular weight is 399 g/mol. The molecule has 0 saturated carbocycles. The lowest BCUT2D eigenvalue weighted by atomic mass is 10.1. The van der Waals surface area contributed by atoms with E-state index in [0.29, 0.717) is 24.5 Å². The van der Waals surface area contributed by atoms with Crippen molar-refractivity contribution in [2.45, 2.75) is 40.8 Å². The lowest BCUT2D eigenvalue weighted by molar-refractivity contribution is 0.0946. The van der Waals surface area contributed by atoms with Crippen LogP contribution in [0.5, 0.6) is 5.75 Å². The molecule has 0 aliphatic rings. The molecule has 0 aliphatic carbocycles. The van der Waals surface area contributed by atoms with Gasteiger partial charge in [0, 0.05) is 29.7 Å². The first-order chi connectivity index (χ1) is 13.4. The molecule has 0 fully saturated rings. The molecule has 7 heteroatoms. The number of rotatable bonds is 8. The highest BCUT2D eigenvalue weighted by Gasteiger charge is 2.11. The van der Waals surface area contributed by atoms with Gasteiger partial charge in [-0.1, -0.05) is 13.0 Å². The number of aromatic nitrogens is 3. The monoisotopic (exact) mass is 398 g/mol. The fraction of sp³-hybridized carbons (Fsp3) is 0.381. The Morgan fingerprint density at radius 2 is 2.11 bits per heavy atom. The van der Waals surface area contributed by atoms with Crippen molar-refractivity contribution in [2.24, 2.45) is 5.92 Å². The molecule has 3 aromatic rings. The van der Waals surface area contributed by atoms with E-state index < -0.39 is 0 Å². The summed E-state index contributed by atoms with van der Waals surface area (Å²) in [7, 11) is 0. The number of nitrogens with one attached hydrogen (secondary N) is 1. The summed E-state index contributed by atoms with van der Waals surface area (Å²) in [6.45, 7) is 9.86. The summed E-state index contributed by atoms with van der Waals surface area (Å²) in [5.41, 5.74) is 3.63. The number of thiazole rings is 1. The van der Waals surface area contributed by atoms with Gasteiger partial charge in [0.15, 0.2) is 0 Å². The van der Waals surface area contributed by atoms with Crippen LogP contribution < -0.4 is 10.1 Å². The van der Waals surface area contributed by atoms with Crippen LogP contribution >= 0.6 is 11.3 Å². The van der Waals surface area contributed by atoms with Gasteiger partial charge in [-0.2, -0.15) is 5.10 Å². The molecule has 1 aromatic carbocycles. The molecule has 1 amide bonds. The SMILES string of the molecule is Cc1cc(C)n(CC(C)CNC(=O)c2cccc(OCc3csc(C)n3)c2)n1. The first-order valence-corrected chi connectivity index (χ1v) is 10.2. The number of ether oxygens (including phenoxy) is 1. The molecule has 148 valence electrons. The van der Waals surface area contributed by atoms with Gasteiger partial charge >= 0.3 is 0 Å². The second-order valence-electron chi connectivity index (χ2n) is 7.10. The Kier molecular flexibility index (Phi) is 6.46. The van der Waals surface area contributed by atoms with Crippen LogP contribution in [-0.2, 0) is 13.2 Å². The smallest absolute Gasteiger partial charge is 0.251 e. The minimum Gasteiger partial charge on any atom is -0.487 e. The van der Waals surface area contributed by atoms with Gasteiger partial charge in [0.05, 0.1) is 16.4 Å². The number of hydrogen-bond donors (Lipinski definition) is 1. The fourth-order valence-corrected chi connectivity index (χ4v) is 3.54. The van der Waals surface area contributed by atoms with Crippen LogP contribution in [0.25, 0.3) is 0 Å². The fourth-order valence-electron chi connectivity index (χ4n) is 2.95. The zero-order valence-corrected chi connectivity index (χ0v) is 17.5. The third kappa shape index (κ3) is 5.42. The Morgan fingerprint density at radius 3 is 2.79 bits per heavy atom. The van der Waals surface area contributed by atoms with Crippen LogP contribution in [0.15, 0.2) is 35.7 Å². The molecule has 1 atom stereocenters. The summed E-state index contributed by atoms with van der Waals surface area (Å²) in [5.74, 6) is 0.832. The van der Waals surface area contributed by atoms with E-state index in [4.69, 9.17) is 4.74 Å². The molecule has 2 aromatic heterocycles. The normalized spacial score (nSPS) is 12.0. The zero-order valence-electron chi connectivity index (χ0n) is 16.7. The van der Waals surface area contributed by atoms with Gasteiger partial charge in [0.1, 0.15) is 12.4 Å². The largest absolute Gasteiger partial charge is 0.487 e. The molecule has 1 N–H and O–H groups in total. The van der Waals surface area contributed by atoms with Gasteiger partial charge in [-0.15, -0.1) is 11.3 Å². The third-order valence-corrected chi connectivity index (χ3v) is 5.17. The molecule has 0 radical (unpaired) electrons. The quantitative estimate of drug-likeness (QED) is 0.625. The molecule has 0 saturated heterocycles. The van der Waals surface area contributed by atoms with E-state index >= 15 is 0 Å². The van der Waals surface area contributed by atoms with Gasteiger partial charge in [-0.05, 0) is 51.0 Å². The maximum Gasteiger partial charge on any atom is 0.251 e. The average Bonchev–Trinajstić information content (AvgIpc) is 3.22. The predicted molar refractivity (Wildman–Crippen MR) is 111 cm³/mol. The van der Waals surface area contributed by atoms with Crippen LogP contribution in [-0.4, -0.2) is 27.2 Å². The summed E-state index contributed by atoms with van der Waals surface area (Å²) in [6.07, 6.45) is 0. The number of nitrogens with zero attached hydrogens (tertiary/aromatic N) is 3. The van der Waals surface area contributed by atoms with E-state index in [1.807, 2.05) is 43.0 Å². The maximum absolute atomic E-state index is 12.5. The van der Waals surface area contributed by atoms with Crippen LogP contribution in [0.4, 0.5) is 0 Å². The third-order valence-electron chi connectivity index (χ3n) is 4.35. The van der Waals surface area contributed by atoms with E-state index in [1.165, 1.54) is 0 Å². The molecule has 2 heterocycles. The van der Waals surface area contributed by atoms with Gasteiger partial charge in [0.2, 0.25) is 0 Å². The molecular weight excluding hydrogens is 372 g/mol. The van der Waals surface area contributed by atoms with Crippen LogP contribution in [0.1, 0.15) is 39.4 Å². The van der Waals surface area contributed by atoms with Crippen molar-refractivity contribution >= 4 is 17.2 Å². The molecule has 3 rings (SSSR count). The predicted octanol–water partition coefficient (Wildman–Crippen LogP) is 3.91. The van der Waals surface area contributed by atoms with Crippen LogP contribution in [0.2, 0.25) is 0 Å². The van der Waals surface area contributed by atoms with E-state index in [1.54, 1.807) is 23.5 Å². The van der Waals surface area contributed by atoms with E-state index in [-0.39, 0.29) is 11.8 Å². The Morgan fingerprint density at radius 1 is 1.29 bits per heavy atom. The van der Waals surface area contributed by atoms with E-state index in [9.17, 15) is 4.79 Å². The Bertz CT molecular complexity index is 948. The summed E-state index contributed by atoms with van der Waals surface area (Å²) in [5, 5.41) is 10.5. The molecule has 0 spiro atoms. The molecule has 0 aliphatic heterocycles. The number of aryl methyl sites for hydroxylation is 3. The lowest BCUT2D eigenvalue weighted by Crippen LogP contribution is -2.30. The summed E-state index contributed by atoms with van der Waals surface area (Å²) in [6, 6.07) is 9.29. The standard InChI is InChI=1S/C21H26N4O2S/c1-14(11-25-16(3)8-15(2)24-25)10-22-21(26)18-6-5-7-20(9-18)27-12-19-13-28-17(4)23-19/h5-9,13-14H,10-12H2,1-4H3,(H,22,26). The Balaban J connectivity index is 1.51. The molecule has 1 unspecified atom stereocenters. The first-order valence-electron chi connectivity index (χ1n) is 9.34. The van der Waals surface area contributed by atoms with Crippen LogP contribution in [0.3, 0.4) is 0 Å². The summed E-state index contributed by atoms with van der Waals surface area (Å²) >= 11 is 1.60. The Hall–Kier alpha value is -2.67. The van der Waals surface area contributed by atoms with E-state index in [0.717, 1.165) is 28.6 Å². The molecular formula is C21H26N4O2S. The van der Waals surface area contributed by atoms with Gasteiger partial charge in [-0.3, -0.25) is 9.48 Å². The number of amides is 1. The minimum atomic E-state index is -0.102. The highest BCUT2D eigenvalue weighted by Crippen LogP contribution is 2.16. The number of hydrogen-bond acceptors (Lipinski definition) is 5. The topological polar surface area (TPSA) is 69.0 Å². The molecule has 28 heavy (non-hydrogen) atoms. The van der Waals surface area contributed by atoms with Crippen molar-refractivity contribution in [1.82, 2.24) is 20.1 Å². The second kappa shape index (κ2) is 9.01. The first kappa shape index (κ1) is 20.1. The van der Waals surface area contributed by atoms with Crippen LogP contribution in [0, 0.1) is 26.7 Å². The summed E-state index contributed by atoms with van der Waals surface area (Å²) < 4.78 is 7.76.